The number of carbonyl (C=O) groups is 1. The number of ether oxygens (including phenoxy) is 1. The normalized spacial score (nSPS) is 20.1. The van der Waals surface area contributed by atoms with Crippen LogP contribution in [0.2, 0.25) is 0 Å². The zero-order chi connectivity index (χ0) is 13.8. The second kappa shape index (κ2) is 6.02. The van der Waals surface area contributed by atoms with Crippen molar-refractivity contribution in [2.75, 3.05) is 11.9 Å². The number of hydrogen-bond donors (Lipinski definition) is 2. The van der Waals surface area contributed by atoms with Crippen LogP contribution in [-0.4, -0.2) is 24.8 Å². The summed E-state index contributed by atoms with van der Waals surface area (Å²) in [6, 6.07) is 4.22. The molecule has 1 aliphatic rings. The molecule has 2 amide bonds. The van der Waals surface area contributed by atoms with Crippen LogP contribution in [0.4, 0.5) is 14.9 Å². The van der Waals surface area contributed by atoms with Crippen molar-refractivity contribution in [2.45, 2.75) is 38.8 Å². The molecule has 19 heavy (non-hydrogen) atoms. The van der Waals surface area contributed by atoms with Gasteiger partial charge in [-0.1, -0.05) is 6.07 Å². The number of halogens is 1. The van der Waals surface area contributed by atoms with Crippen molar-refractivity contribution < 1.29 is 13.9 Å². The van der Waals surface area contributed by atoms with Crippen LogP contribution in [0, 0.1) is 12.7 Å². The molecule has 1 aromatic carbocycles. The maximum atomic E-state index is 13.3. The molecular formula is C14H19FN2O2. The molecule has 4 nitrogen and oxygen atoms in total. The van der Waals surface area contributed by atoms with Crippen molar-refractivity contribution in [2.24, 2.45) is 0 Å². The van der Waals surface area contributed by atoms with E-state index in [0.29, 0.717) is 11.3 Å². The SMILES string of the molecule is Cc1ccc(NC(=O)NC(C)C2CCCO2)cc1F. The van der Waals surface area contributed by atoms with Crippen LogP contribution < -0.4 is 10.6 Å². The fourth-order valence-electron chi connectivity index (χ4n) is 2.13. The van der Waals surface area contributed by atoms with Crippen LogP contribution in [0.25, 0.3) is 0 Å². The Morgan fingerprint density at radius 3 is 2.95 bits per heavy atom. The summed E-state index contributed by atoms with van der Waals surface area (Å²) in [7, 11) is 0. The van der Waals surface area contributed by atoms with E-state index in [1.54, 1.807) is 19.1 Å². The van der Waals surface area contributed by atoms with Gasteiger partial charge in [-0.25, -0.2) is 9.18 Å². The van der Waals surface area contributed by atoms with Gasteiger partial charge in [-0.3, -0.25) is 0 Å². The number of aryl methyl sites for hydroxylation is 1. The quantitative estimate of drug-likeness (QED) is 0.883. The van der Waals surface area contributed by atoms with Crippen LogP contribution in [-0.2, 0) is 4.74 Å². The lowest BCUT2D eigenvalue weighted by Crippen LogP contribution is -2.42. The third-order valence-corrected chi connectivity index (χ3v) is 3.31. The Bertz CT molecular complexity index is 459. The lowest BCUT2D eigenvalue weighted by atomic mass is 10.1. The molecular weight excluding hydrogens is 247 g/mol. The first-order valence-electron chi connectivity index (χ1n) is 6.51. The molecule has 2 rings (SSSR count). The average Bonchev–Trinajstić information content (AvgIpc) is 2.87. The minimum Gasteiger partial charge on any atom is -0.376 e. The second-order valence-corrected chi connectivity index (χ2v) is 4.90. The predicted molar refractivity (Wildman–Crippen MR) is 71.7 cm³/mol. The maximum Gasteiger partial charge on any atom is 0.319 e. The van der Waals surface area contributed by atoms with Gasteiger partial charge in [0.15, 0.2) is 0 Å². The van der Waals surface area contributed by atoms with E-state index in [1.807, 2.05) is 6.92 Å². The van der Waals surface area contributed by atoms with Crippen LogP contribution in [0.3, 0.4) is 0 Å². The molecule has 1 fully saturated rings. The zero-order valence-electron chi connectivity index (χ0n) is 11.2. The van der Waals surface area contributed by atoms with Crippen LogP contribution in [0.15, 0.2) is 18.2 Å². The molecule has 0 aromatic heterocycles. The van der Waals surface area contributed by atoms with Crippen LogP contribution in [0.5, 0.6) is 0 Å². The largest absolute Gasteiger partial charge is 0.376 e. The molecule has 0 bridgehead atoms. The summed E-state index contributed by atoms with van der Waals surface area (Å²) in [6.07, 6.45) is 2.06. The lowest BCUT2D eigenvalue weighted by molar-refractivity contribution is 0.0868. The van der Waals surface area contributed by atoms with E-state index in [0.717, 1.165) is 19.4 Å². The van der Waals surface area contributed by atoms with Gasteiger partial charge < -0.3 is 15.4 Å². The van der Waals surface area contributed by atoms with Gasteiger partial charge in [-0.15, -0.1) is 0 Å². The summed E-state index contributed by atoms with van der Waals surface area (Å²) in [5.74, 6) is -0.329. The highest BCUT2D eigenvalue weighted by atomic mass is 19.1. The number of urea groups is 1. The van der Waals surface area contributed by atoms with Crippen molar-refractivity contribution in [3.05, 3.63) is 29.6 Å². The highest BCUT2D eigenvalue weighted by molar-refractivity contribution is 5.89. The Balaban J connectivity index is 1.88. The Morgan fingerprint density at radius 1 is 1.53 bits per heavy atom. The molecule has 1 saturated heterocycles. The third kappa shape index (κ3) is 3.67. The summed E-state index contributed by atoms with van der Waals surface area (Å²) >= 11 is 0. The zero-order valence-corrected chi connectivity index (χ0v) is 11.2. The van der Waals surface area contributed by atoms with Crippen molar-refractivity contribution in [1.29, 1.82) is 0 Å². The smallest absolute Gasteiger partial charge is 0.319 e. The summed E-state index contributed by atoms with van der Waals surface area (Å²) in [5, 5.41) is 5.43. The van der Waals surface area contributed by atoms with Gasteiger partial charge >= 0.3 is 6.03 Å². The molecule has 2 unspecified atom stereocenters. The fraction of sp³-hybridized carbons (Fsp3) is 0.500. The Kier molecular flexibility index (Phi) is 4.37. The molecule has 1 aliphatic heterocycles. The summed E-state index contributed by atoms with van der Waals surface area (Å²) in [4.78, 5) is 11.8. The minimum atomic E-state index is -0.341. The number of nitrogens with one attached hydrogen (secondary N) is 2. The standard InChI is InChI=1S/C14H19FN2O2/c1-9-5-6-11(8-12(9)15)17-14(18)16-10(2)13-4-3-7-19-13/h5-6,8,10,13H,3-4,7H2,1-2H3,(H2,16,17,18). The molecule has 2 atom stereocenters. The highest BCUT2D eigenvalue weighted by Gasteiger charge is 2.23. The third-order valence-electron chi connectivity index (χ3n) is 3.31. The van der Waals surface area contributed by atoms with Gasteiger partial charge in [0.25, 0.3) is 0 Å². The molecule has 1 heterocycles. The molecule has 0 aliphatic carbocycles. The molecule has 0 spiro atoms. The van der Waals surface area contributed by atoms with Crippen molar-refractivity contribution >= 4 is 11.7 Å². The number of benzene rings is 1. The monoisotopic (exact) mass is 266 g/mol. The molecule has 104 valence electrons. The first-order valence-corrected chi connectivity index (χ1v) is 6.51. The second-order valence-electron chi connectivity index (χ2n) is 4.90. The average molecular weight is 266 g/mol. The van der Waals surface area contributed by atoms with Crippen molar-refractivity contribution in [3.63, 3.8) is 0 Å². The number of anilines is 1. The molecule has 2 N–H and O–H groups in total. The fourth-order valence-corrected chi connectivity index (χ4v) is 2.13. The van der Waals surface area contributed by atoms with E-state index in [-0.39, 0.29) is 24.0 Å². The predicted octanol–water partition coefficient (Wildman–Crippen LogP) is 2.82. The van der Waals surface area contributed by atoms with Gasteiger partial charge in [0.1, 0.15) is 5.82 Å². The molecule has 0 saturated carbocycles. The Labute approximate surface area is 112 Å². The topological polar surface area (TPSA) is 50.4 Å². The molecule has 5 heteroatoms. The summed E-state index contributed by atoms with van der Waals surface area (Å²) in [6.45, 7) is 4.34. The number of carbonyl (C=O) groups excluding carboxylic acids is 1. The number of hydrogen-bond acceptors (Lipinski definition) is 2. The first-order chi connectivity index (χ1) is 9.06. The van der Waals surface area contributed by atoms with Crippen LogP contribution >= 0.6 is 0 Å². The Morgan fingerprint density at radius 2 is 2.32 bits per heavy atom. The molecule has 0 radical (unpaired) electrons. The van der Waals surface area contributed by atoms with E-state index in [1.165, 1.54) is 6.07 Å². The number of amides is 2. The Hall–Kier alpha value is -1.62. The van der Waals surface area contributed by atoms with E-state index in [9.17, 15) is 9.18 Å². The maximum absolute atomic E-state index is 13.3. The van der Waals surface area contributed by atoms with Gasteiger partial charge in [0.05, 0.1) is 12.1 Å². The minimum absolute atomic E-state index is 0.0576. The molecule has 1 aromatic rings. The summed E-state index contributed by atoms with van der Waals surface area (Å²) < 4.78 is 18.8. The highest BCUT2D eigenvalue weighted by Crippen LogP contribution is 2.16. The first kappa shape index (κ1) is 13.8. The van der Waals surface area contributed by atoms with E-state index in [2.05, 4.69) is 10.6 Å². The lowest BCUT2D eigenvalue weighted by Gasteiger charge is -2.20. The van der Waals surface area contributed by atoms with E-state index in [4.69, 9.17) is 4.74 Å². The van der Waals surface area contributed by atoms with Gasteiger partial charge in [0, 0.05) is 12.3 Å². The van der Waals surface area contributed by atoms with Gasteiger partial charge in [-0.05, 0) is 44.4 Å². The number of rotatable bonds is 3. The van der Waals surface area contributed by atoms with E-state index < -0.39 is 0 Å². The van der Waals surface area contributed by atoms with E-state index >= 15 is 0 Å². The van der Waals surface area contributed by atoms with Crippen molar-refractivity contribution in [1.82, 2.24) is 5.32 Å². The van der Waals surface area contributed by atoms with Gasteiger partial charge in [0.2, 0.25) is 0 Å². The van der Waals surface area contributed by atoms with Crippen LogP contribution in [0.1, 0.15) is 25.3 Å². The summed E-state index contributed by atoms with van der Waals surface area (Å²) in [5.41, 5.74) is 0.999. The van der Waals surface area contributed by atoms with Gasteiger partial charge in [-0.2, -0.15) is 0 Å². The van der Waals surface area contributed by atoms with Crippen molar-refractivity contribution in [3.8, 4) is 0 Å².